The maximum absolute atomic E-state index is 13.8. The predicted molar refractivity (Wildman–Crippen MR) is 75.3 cm³/mol. The van der Waals surface area contributed by atoms with Gasteiger partial charge >= 0.3 is 0 Å². The molecule has 0 saturated heterocycles. The highest BCUT2D eigenvalue weighted by atomic mass is 32.2. The second kappa shape index (κ2) is 5.09. The lowest BCUT2D eigenvalue weighted by Crippen LogP contribution is -2.16. The van der Waals surface area contributed by atoms with Crippen LogP contribution in [0.15, 0.2) is 35.4 Å². The van der Waals surface area contributed by atoms with Crippen LogP contribution in [0.2, 0.25) is 0 Å². The molecule has 0 spiro atoms. The Morgan fingerprint density at radius 3 is 2.65 bits per heavy atom. The van der Waals surface area contributed by atoms with E-state index in [1.54, 1.807) is 26.0 Å². The number of benzene rings is 1. The molecule has 0 fully saturated rings. The molecule has 5 nitrogen and oxygen atoms in total. The van der Waals surface area contributed by atoms with E-state index in [0.717, 1.165) is 12.1 Å². The zero-order chi connectivity index (χ0) is 14.9. The minimum atomic E-state index is -4.05. The number of halogens is 1. The number of rotatable bonds is 3. The molecule has 7 heteroatoms. The zero-order valence-corrected chi connectivity index (χ0v) is 11.8. The van der Waals surface area contributed by atoms with Gasteiger partial charge in [-0.3, -0.25) is 9.71 Å². The van der Waals surface area contributed by atoms with E-state index in [2.05, 4.69) is 9.71 Å². The van der Waals surface area contributed by atoms with E-state index in [1.165, 1.54) is 6.20 Å². The molecule has 1 aromatic heterocycles. The van der Waals surface area contributed by atoms with Crippen LogP contribution < -0.4 is 10.5 Å². The van der Waals surface area contributed by atoms with Crippen LogP contribution in [0.5, 0.6) is 0 Å². The quantitative estimate of drug-likeness (QED) is 0.850. The number of nitrogens with zero attached hydrogens (tertiary/aromatic N) is 1. The lowest BCUT2D eigenvalue weighted by Gasteiger charge is -2.11. The van der Waals surface area contributed by atoms with Gasteiger partial charge in [-0.05, 0) is 43.7 Å². The van der Waals surface area contributed by atoms with Gasteiger partial charge in [-0.2, -0.15) is 0 Å². The first-order valence-corrected chi connectivity index (χ1v) is 7.29. The number of nitrogens with two attached hydrogens (primary N) is 1. The van der Waals surface area contributed by atoms with Gasteiger partial charge in [0.25, 0.3) is 10.0 Å². The van der Waals surface area contributed by atoms with Gasteiger partial charge in [0.2, 0.25) is 0 Å². The molecule has 0 atom stereocenters. The van der Waals surface area contributed by atoms with Crippen LogP contribution in [0, 0.1) is 19.7 Å². The van der Waals surface area contributed by atoms with Gasteiger partial charge in [-0.25, -0.2) is 12.8 Å². The third-order valence-corrected chi connectivity index (χ3v) is 4.24. The third kappa shape index (κ3) is 2.72. The van der Waals surface area contributed by atoms with Crippen LogP contribution in [-0.2, 0) is 10.0 Å². The summed E-state index contributed by atoms with van der Waals surface area (Å²) in [6.45, 7) is 3.26. The minimum Gasteiger partial charge on any atom is -0.398 e. The Hall–Kier alpha value is -2.15. The first kappa shape index (κ1) is 14.3. The molecular formula is C13H14FN3O2S. The van der Waals surface area contributed by atoms with E-state index in [9.17, 15) is 12.8 Å². The normalized spacial score (nSPS) is 11.3. The van der Waals surface area contributed by atoms with Crippen molar-refractivity contribution in [3.05, 3.63) is 47.5 Å². The van der Waals surface area contributed by atoms with Gasteiger partial charge in [0.05, 0.1) is 11.4 Å². The molecule has 0 aliphatic heterocycles. The minimum absolute atomic E-state index is 0.217. The van der Waals surface area contributed by atoms with Gasteiger partial charge in [-0.15, -0.1) is 0 Å². The average molecular weight is 295 g/mol. The highest BCUT2D eigenvalue weighted by molar-refractivity contribution is 7.92. The van der Waals surface area contributed by atoms with Crippen molar-refractivity contribution in [2.24, 2.45) is 0 Å². The van der Waals surface area contributed by atoms with Crippen molar-refractivity contribution in [2.45, 2.75) is 18.7 Å². The molecular weight excluding hydrogens is 281 g/mol. The van der Waals surface area contributed by atoms with Crippen LogP contribution in [0.25, 0.3) is 0 Å². The van der Waals surface area contributed by atoms with E-state index >= 15 is 0 Å². The van der Waals surface area contributed by atoms with Gasteiger partial charge in [0.1, 0.15) is 10.7 Å². The van der Waals surface area contributed by atoms with Crippen LogP contribution >= 0.6 is 0 Å². The second-order valence-corrected chi connectivity index (χ2v) is 6.03. The summed E-state index contributed by atoms with van der Waals surface area (Å²) in [6.07, 6.45) is 1.54. The van der Waals surface area contributed by atoms with Crippen molar-refractivity contribution >= 4 is 21.4 Å². The predicted octanol–water partition coefficient (Wildman–Crippen LogP) is 2.22. The largest absolute Gasteiger partial charge is 0.398 e. The molecule has 106 valence electrons. The van der Waals surface area contributed by atoms with Crippen molar-refractivity contribution in [1.82, 2.24) is 4.98 Å². The van der Waals surface area contributed by atoms with Crippen molar-refractivity contribution in [1.29, 1.82) is 0 Å². The fourth-order valence-electron chi connectivity index (χ4n) is 1.67. The number of aromatic nitrogens is 1. The Morgan fingerprint density at radius 2 is 2.00 bits per heavy atom. The number of sulfonamides is 1. The van der Waals surface area contributed by atoms with Crippen molar-refractivity contribution < 1.29 is 12.8 Å². The highest BCUT2D eigenvalue weighted by Gasteiger charge is 2.21. The molecule has 0 unspecified atom stereocenters. The van der Waals surface area contributed by atoms with E-state index in [4.69, 9.17) is 5.73 Å². The lowest BCUT2D eigenvalue weighted by molar-refractivity contribution is 0.570. The van der Waals surface area contributed by atoms with Crippen LogP contribution in [-0.4, -0.2) is 13.4 Å². The van der Waals surface area contributed by atoms with E-state index in [1.807, 2.05) is 0 Å². The Balaban J connectivity index is 2.47. The maximum atomic E-state index is 13.8. The third-order valence-electron chi connectivity index (χ3n) is 2.86. The number of hydrogen-bond acceptors (Lipinski definition) is 4. The molecule has 2 aromatic rings. The number of pyridine rings is 1. The number of nitrogen functional groups attached to an aromatic ring is 1. The summed E-state index contributed by atoms with van der Waals surface area (Å²) in [5, 5.41) is 0. The maximum Gasteiger partial charge on any atom is 0.264 e. The summed E-state index contributed by atoms with van der Waals surface area (Å²) in [5.41, 5.74) is 7.13. The van der Waals surface area contributed by atoms with E-state index in [0.29, 0.717) is 16.9 Å². The molecule has 3 N–H and O–H groups in total. The number of hydrogen-bond donors (Lipinski definition) is 2. The van der Waals surface area contributed by atoms with Crippen molar-refractivity contribution in [3.63, 3.8) is 0 Å². The molecule has 0 bridgehead atoms. The van der Waals surface area contributed by atoms with Crippen LogP contribution in [0.3, 0.4) is 0 Å². The number of anilines is 2. The monoisotopic (exact) mass is 295 g/mol. The SMILES string of the molecule is Cc1cc(F)c(S(=O)(=O)Nc2cccnc2C)cc1N. The number of aryl methyl sites for hydroxylation is 2. The fraction of sp³-hybridized carbons (Fsp3) is 0.154. The molecule has 0 amide bonds. The molecule has 0 radical (unpaired) electrons. The average Bonchev–Trinajstić information content (AvgIpc) is 2.36. The molecule has 0 aliphatic rings. The van der Waals surface area contributed by atoms with Gasteiger partial charge in [0, 0.05) is 11.9 Å². The fourth-order valence-corrected chi connectivity index (χ4v) is 2.88. The smallest absolute Gasteiger partial charge is 0.264 e. The molecule has 0 saturated carbocycles. The van der Waals surface area contributed by atoms with E-state index in [-0.39, 0.29) is 5.69 Å². The van der Waals surface area contributed by atoms with Crippen molar-refractivity contribution in [2.75, 3.05) is 10.5 Å². The Bertz CT molecular complexity index is 760. The Kier molecular flexibility index (Phi) is 3.63. The van der Waals surface area contributed by atoms with Crippen molar-refractivity contribution in [3.8, 4) is 0 Å². The van der Waals surface area contributed by atoms with Crippen LogP contribution in [0.1, 0.15) is 11.3 Å². The van der Waals surface area contributed by atoms with Gasteiger partial charge in [-0.1, -0.05) is 0 Å². The molecule has 2 rings (SSSR count). The first-order valence-electron chi connectivity index (χ1n) is 5.81. The highest BCUT2D eigenvalue weighted by Crippen LogP contribution is 2.24. The second-order valence-electron chi connectivity index (χ2n) is 4.38. The molecule has 1 heterocycles. The standard InChI is InChI=1S/C13H14FN3O2S/c1-8-6-10(14)13(7-11(8)15)20(18,19)17-12-4-3-5-16-9(12)2/h3-7,17H,15H2,1-2H3. The Labute approximate surface area is 116 Å². The summed E-state index contributed by atoms with van der Waals surface area (Å²) >= 11 is 0. The van der Waals surface area contributed by atoms with Crippen LogP contribution in [0.4, 0.5) is 15.8 Å². The molecule has 20 heavy (non-hydrogen) atoms. The lowest BCUT2D eigenvalue weighted by atomic mass is 10.2. The summed E-state index contributed by atoms with van der Waals surface area (Å²) in [6, 6.07) is 5.35. The summed E-state index contributed by atoms with van der Waals surface area (Å²) in [7, 11) is -4.05. The summed E-state index contributed by atoms with van der Waals surface area (Å²) < 4.78 is 40.6. The number of nitrogens with one attached hydrogen (secondary N) is 1. The molecule has 1 aromatic carbocycles. The summed E-state index contributed by atoms with van der Waals surface area (Å²) in [5.74, 6) is -0.842. The zero-order valence-electron chi connectivity index (χ0n) is 11.0. The topological polar surface area (TPSA) is 85.1 Å². The molecule has 0 aliphatic carbocycles. The first-order chi connectivity index (χ1) is 9.31. The Morgan fingerprint density at radius 1 is 1.30 bits per heavy atom. The van der Waals surface area contributed by atoms with Gasteiger partial charge < -0.3 is 5.73 Å². The van der Waals surface area contributed by atoms with E-state index < -0.39 is 20.7 Å². The van der Waals surface area contributed by atoms with Gasteiger partial charge in [0.15, 0.2) is 0 Å². The summed E-state index contributed by atoms with van der Waals surface area (Å²) in [4.78, 5) is 3.48.